The Morgan fingerprint density at radius 3 is 3.06 bits per heavy atom. The van der Waals surface area contributed by atoms with Crippen molar-refractivity contribution in [3.63, 3.8) is 0 Å². The maximum absolute atomic E-state index is 5.98. The fourth-order valence-electron chi connectivity index (χ4n) is 2.08. The zero-order valence-corrected chi connectivity index (χ0v) is 9.74. The van der Waals surface area contributed by atoms with Gasteiger partial charge in [-0.1, -0.05) is 6.07 Å². The highest BCUT2D eigenvalue weighted by molar-refractivity contribution is 5.40. The van der Waals surface area contributed by atoms with Crippen LogP contribution in [0.2, 0.25) is 0 Å². The van der Waals surface area contributed by atoms with Crippen LogP contribution in [-0.2, 0) is 11.2 Å². The van der Waals surface area contributed by atoms with Crippen LogP contribution in [0.3, 0.4) is 0 Å². The molecule has 0 saturated heterocycles. The topological polar surface area (TPSA) is 44.5 Å². The highest BCUT2D eigenvalue weighted by Gasteiger charge is 2.18. The molecule has 3 nitrogen and oxygen atoms in total. The lowest BCUT2D eigenvalue weighted by Crippen LogP contribution is -2.07. The molecule has 1 aliphatic carbocycles. The van der Waals surface area contributed by atoms with Crippen LogP contribution in [-0.4, -0.2) is 19.8 Å². The molecule has 0 fully saturated rings. The molecular weight excluding hydrogens is 202 g/mol. The smallest absolute Gasteiger partial charge is 0.119 e. The summed E-state index contributed by atoms with van der Waals surface area (Å²) in [5, 5.41) is 0. The van der Waals surface area contributed by atoms with Crippen LogP contribution in [0.15, 0.2) is 18.2 Å². The highest BCUT2D eigenvalue weighted by atomic mass is 16.5. The van der Waals surface area contributed by atoms with Gasteiger partial charge < -0.3 is 15.2 Å². The lowest BCUT2D eigenvalue weighted by molar-refractivity contribution is 0.110. The van der Waals surface area contributed by atoms with Gasteiger partial charge in [0.15, 0.2) is 0 Å². The largest absolute Gasteiger partial charge is 0.491 e. The van der Waals surface area contributed by atoms with Crippen LogP contribution in [0.4, 0.5) is 0 Å². The van der Waals surface area contributed by atoms with E-state index in [1.54, 1.807) is 0 Å². The van der Waals surface area contributed by atoms with Crippen LogP contribution in [0.5, 0.6) is 5.75 Å². The van der Waals surface area contributed by atoms with E-state index in [-0.39, 0.29) is 6.04 Å². The van der Waals surface area contributed by atoms with Gasteiger partial charge in [-0.2, -0.15) is 0 Å². The average molecular weight is 221 g/mol. The van der Waals surface area contributed by atoms with Crippen molar-refractivity contribution in [2.75, 3.05) is 19.8 Å². The minimum absolute atomic E-state index is 0.215. The summed E-state index contributed by atoms with van der Waals surface area (Å²) >= 11 is 0. The van der Waals surface area contributed by atoms with Gasteiger partial charge in [-0.3, -0.25) is 0 Å². The number of nitrogens with two attached hydrogens (primary N) is 1. The number of ether oxygens (including phenoxy) is 2. The summed E-state index contributed by atoms with van der Waals surface area (Å²) in [4.78, 5) is 0. The molecule has 1 aromatic carbocycles. The standard InChI is InChI=1S/C13H19NO2/c1-2-15-7-8-16-11-4-5-12-10(9-11)3-6-13(12)14/h4-5,9,13H,2-3,6-8,14H2,1H3/t13-/m0/s1. The Labute approximate surface area is 96.5 Å². The first-order valence-corrected chi connectivity index (χ1v) is 5.90. The third-order valence-corrected chi connectivity index (χ3v) is 2.94. The maximum Gasteiger partial charge on any atom is 0.119 e. The molecule has 0 heterocycles. The number of hydrogen-bond acceptors (Lipinski definition) is 3. The molecule has 0 unspecified atom stereocenters. The Kier molecular flexibility index (Phi) is 3.80. The molecule has 1 aromatic rings. The van der Waals surface area contributed by atoms with E-state index in [0.717, 1.165) is 25.2 Å². The molecule has 88 valence electrons. The summed E-state index contributed by atoms with van der Waals surface area (Å²) in [6.07, 6.45) is 2.12. The van der Waals surface area contributed by atoms with E-state index in [4.69, 9.17) is 15.2 Å². The first-order valence-electron chi connectivity index (χ1n) is 5.90. The van der Waals surface area contributed by atoms with Crippen molar-refractivity contribution in [1.82, 2.24) is 0 Å². The van der Waals surface area contributed by atoms with Crippen LogP contribution in [0.25, 0.3) is 0 Å². The second-order valence-corrected chi connectivity index (χ2v) is 4.05. The second-order valence-electron chi connectivity index (χ2n) is 4.05. The second kappa shape index (κ2) is 5.32. The SMILES string of the molecule is CCOCCOc1ccc2c(c1)CC[C@@H]2N. The van der Waals surface area contributed by atoms with Gasteiger partial charge in [-0.15, -0.1) is 0 Å². The van der Waals surface area contributed by atoms with Crippen LogP contribution < -0.4 is 10.5 Å². The molecule has 1 atom stereocenters. The van der Waals surface area contributed by atoms with Crippen LogP contribution >= 0.6 is 0 Å². The van der Waals surface area contributed by atoms with Crippen LogP contribution in [0, 0.1) is 0 Å². The van der Waals surface area contributed by atoms with Gasteiger partial charge in [0.1, 0.15) is 12.4 Å². The predicted molar refractivity (Wildman–Crippen MR) is 63.7 cm³/mol. The first-order chi connectivity index (χ1) is 7.81. The predicted octanol–water partition coefficient (Wildman–Crippen LogP) is 2.05. The van der Waals surface area contributed by atoms with Gasteiger partial charge >= 0.3 is 0 Å². The number of hydrogen-bond donors (Lipinski definition) is 1. The Balaban J connectivity index is 1.92. The molecule has 0 spiro atoms. The molecular formula is C13H19NO2. The third-order valence-electron chi connectivity index (χ3n) is 2.94. The zero-order valence-electron chi connectivity index (χ0n) is 9.74. The van der Waals surface area contributed by atoms with Gasteiger partial charge in [-0.25, -0.2) is 0 Å². The van der Waals surface area contributed by atoms with E-state index < -0.39 is 0 Å². The van der Waals surface area contributed by atoms with E-state index in [0.29, 0.717) is 13.2 Å². The van der Waals surface area contributed by atoms with Crippen molar-refractivity contribution in [1.29, 1.82) is 0 Å². The number of fused-ring (bicyclic) bond motifs is 1. The van der Waals surface area contributed by atoms with Gasteiger partial charge in [0, 0.05) is 12.6 Å². The summed E-state index contributed by atoms with van der Waals surface area (Å²) in [5.74, 6) is 0.924. The molecule has 0 aromatic heterocycles. The summed E-state index contributed by atoms with van der Waals surface area (Å²) in [6, 6.07) is 6.40. The Hall–Kier alpha value is -1.06. The van der Waals surface area contributed by atoms with Crippen molar-refractivity contribution in [2.45, 2.75) is 25.8 Å². The third kappa shape index (κ3) is 2.54. The van der Waals surface area contributed by atoms with Gasteiger partial charge in [0.2, 0.25) is 0 Å². The molecule has 3 heteroatoms. The molecule has 2 N–H and O–H groups in total. The first kappa shape index (κ1) is 11.4. The van der Waals surface area contributed by atoms with Gasteiger partial charge in [0.05, 0.1) is 6.61 Å². The Bertz CT molecular complexity index is 352. The minimum atomic E-state index is 0.215. The summed E-state index contributed by atoms with van der Waals surface area (Å²) in [7, 11) is 0. The van der Waals surface area contributed by atoms with Crippen molar-refractivity contribution >= 4 is 0 Å². The minimum Gasteiger partial charge on any atom is -0.491 e. The molecule has 16 heavy (non-hydrogen) atoms. The molecule has 0 radical (unpaired) electrons. The van der Waals surface area contributed by atoms with Crippen LogP contribution in [0.1, 0.15) is 30.5 Å². The quantitative estimate of drug-likeness (QED) is 0.774. The van der Waals surface area contributed by atoms with E-state index in [1.165, 1.54) is 11.1 Å². The Morgan fingerprint density at radius 1 is 1.38 bits per heavy atom. The maximum atomic E-state index is 5.98. The Morgan fingerprint density at radius 2 is 2.25 bits per heavy atom. The van der Waals surface area contributed by atoms with E-state index in [2.05, 4.69) is 12.1 Å². The van der Waals surface area contributed by atoms with Gasteiger partial charge in [0.25, 0.3) is 0 Å². The normalized spacial score (nSPS) is 18.5. The monoisotopic (exact) mass is 221 g/mol. The van der Waals surface area contributed by atoms with Gasteiger partial charge in [-0.05, 0) is 43.0 Å². The van der Waals surface area contributed by atoms with Crippen molar-refractivity contribution in [3.05, 3.63) is 29.3 Å². The fourth-order valence-corrected chi connectivity index (χ4v) is 2.08. The molecule has 2 rings (SSSR count). The number of benzene rings is 1. The van der Waals surface area contributed by atoms with Crippen molar-refractivity contribution in [2.24, 2.45) is 5.73 Å². The highest BCUT2D eigenvalue weighted by Crippen LogP contribution is 2.31. The molecule has 0 saturated carbocycles. The number of rotatable bonds is 5. The molecule has 0 amide bonds. The average Bonchev–Trinajstić information content (AvgIpc) is 2.66. The molecule has 1 aliphatic rings. The van der Waals surface area contributed by atoms with Crippen molar-refractivity contribution < 1.29 is 9.47 Å². The summed E-state index contributed by atoms with van der Waals surface area (Å²) in [6.45, 7) is 3.98. The van der Waals surface area contributed by atoms with E-state index >= 15 is 0 Å². The zero-order chi connectivity index (χ0) is 11.4. The number of aryl methyl sites for hydroxylation is 1. The lowest BCUT2D eigenvalue weighted by Gasteiger charge is -2.09. The fraction of sp³-hybridized carbons (Fsp3) is 0.538. The lowest BCUT2D eigenvalue weighted by atomic mass is 10.1. The van der Waals surface area contributed by atoms with E-state index in [1.807, 2.05) is 13.0 Å². The molecule has 0 bridgehead atoms. The summed E-state index contributed by atoms with van der Waals surface area (Å²) < 4.78 is 10.8. The van der Waals surface area contributed by atoms with Crippen molar-refractivity contribution in [3.8, 4) is 5.75 Å². The molecule has 0 aliphatic heterocycles. The van der Waals surface area contributed by atoms with E-state index in [9.17, 15) is 0 Å². The summed E-state index contributed by atoms with van der Waals surface area (Å²) in [5.41, 5.74) is 8.59.